The van der Waals surface area contributed by atoms with Crippen LogP contribution in [0.15, 0.2) is 24.5 Å². The lowest BCUT2D eigenvalue weighted by atomic mass is 9.92. The maximum Gasteiger partial charge on any atom is 0.0312 e. The molecular formula is C11H16N2. The van der Waals surface area contributed by atoms with E-state index in [1.54, 1.807) is 0 Å². The molecule has 1 aromatic rings. The van der Waals surface area contributed by atoms with Gasteiger partial charge in [-0.25, -0.2) is 0 Å². The molecule has 0 spiro atoms. The van der Waals surface area contributed by atoms with Gasteiger partial charge in [0, 0.05) is 25.0 Å². The Morgan fingerprint density at radius 1 is 1.54 bits per heavy atom. The molecule has 0 amide bonds. The van der Waals surface area contributed by atoms with Crippen LogP contribution < -0.4 is 0 Å². The Kier molecular flexibility index (Phi) is 2.60. The number of nitrogens with zero attached hydrogens (tertiary/aromatic N) is 2. The smallest absolute Gasteiger partial charge is 0.0312 e. The van der Waals surface area contributed by atoms with Gasteiger partial charge in [0.15, 0.2) is 0 Å². The number of rotatable bonds is 3. The third-order valence-corrected chi connectivity index (χ3v) is 2.85. The van der Waals surface area contributed by atoms with Crippen molar-refractivity contribution < 1.29 is 0 Å². The summed E-state index contributed by atoms with van der Waals surface area (Å²) in [5.74, 6) is 0. The van der Waals surface area contributed by atoms with Gasteiger partial charge in [-0.1, -0.05) is 12.5 Å². The highest BCUT2D eigenvalue weighted by Crippen LogP contribution is 2.24. The predicted molar refractivity (Wildman–Crippen MR) is 53.3 cm³/mol. The summed E-state index contributed by atoms with van der Waals surface area (Å²) < 4.78 is 0. The molecule has 0 radical (unpaired) electrons. The molecule has 13 heavy (non-hydrogen) atoms. The molecule has 2 heteroatoms. The zero-order chi connectivity index (χ0) is 9.10. The molecule has 0 aliphatic heterocycles. The molecule has 1 aliphatic rings. The molecule has 0 saturated heterocycles. The Morgan fingerprint density at radius 2 is 2.38 bits per heavy atom. The van der Waals surface area contributed by atoms with Crippen molar-refractivity contribution in [3.05, 3.63) is 30.1 Å². The van der Waals surface area contributed by atoms with Crippen molar-refractivity contribution >= 4 is 0 Å². The Balaban J connectivity index is 1.90. The van der Waals surface area contributed by atoms with Gasteiger partial charge in [0.2, 0.25) is 0 Å². The van der Waals surface area contributed by atoms with Crippen LogP contribution in [0.25, 0.3) is 0 Å². The van der Waals surface area contributed by atoms with Gasteiger partial charge in [0.1, 0.15) is 0 Å². The highest BCUT2D eigenvalue weighted by atomic mass is 15.1. The lowest BCUT2D eigenvalue weighted by Gasteiger charge is -2.34. The van der Waals surface area contributed by atoms with E-state index in [9.17, 15) is 0 Å². The van der Waals surface area contributed by atoms with Gasteiger partial charge in [0.05, 0.1) is 0 Å². The Labute approximate surface area is 79.6 Å². The first-order chi connectivity index (χ1) is 6.36. The molecule has 1 saturated carbocycles. The van der Waals surface area contributed by atoms with Crippen LogP contribution in [-0.2, 0) is 6.54 Å². The third-order valence-electron chi connectivity index (χ3n) is 2.85. The molecular weight excluding hydrogens is 160 g/mol. The SMILES string of the molecule is CN(Cc1cccnc1)C1CCC1. The molecule has 1 aliphatic carbocycles. The van der Waals surface area contributed by atoms with Gasteiger partial charge in [0.25, 0.3) is 0 Å². The van der Waals surface area contributed by atoms with Crippen molar-refractivity contribution in [3.8, 4) is 0 Å². The normalized spacial score (nSPS) is 17.4. The van der Waals surface area contributed by atoms with Gasteiger partial charge >= 0.3 is 0 Å². The number of hydrogen-bond donors (Lipinski definition) is 0. The lowest BCUT2D eigenvalue weighted by molar-refractivity contribution is 0.152. The average molecular weight is 176 g/mol. The largest absolute Gasteiger partial charge is 0.299 e. The highest BCUT2D eigenvalue weighted by molar-refractivity contribution is 5.08. The van der Waals surface area contributed by atoms with Crippen LogP contribution in [0.1, 0.15) is 24.8 Å². The van der Waals surface area contributed by atoms with Crippen molar-refractivity contribution in [2.75, 3.05) is 7.05 Å². The maximum atomic E-state index is 4.11. The zero-order valence-corrected chi connectivity index (χ0v) is 8.11. The molecule has 0 N–H and O–H groups in total. The van der Waals surface area contributed by atoms with Crippen molar-refractivity contribution in [3.63, 3.8) is 0 Å². The van der Waals surface area contributed by atoms with E-state index in [-0.39, 0.29) is 0 Å². The quantitative estimate of drug-likeness (QED) is 0.701. The Hall–Kier alpha value is -0.890. The topological polar surface area (TPSA) is 16.1 Å². The summed E-state index contributed by atoms with van der Waals surface area (Å²) in [5.41, 5.74) is 1.32. The third kappa shape index (κ3) is 2.07. The molecule has 1 aromatic heterocycles. The van der Waals surface area contributed by atoms with Gasteiger partial charge in [-0.15, -0.1) is 0 Å². The minimum atomic E-state index is 0.820. The molecule has 0 unspecified atom stereocenters. The highest BCUT2D eigenvalue weighted by Gasteiger charge is 2.21. The first-order valence-electron chi connectivity index (χ1n) is 4.95. The van der Waals surface area contributed by atoms with Crippen LogP contribution in [0.2, 0.25) is 0 Å². The number of aromatic nitrogens is 1. The van der Waals surface area contributed by atoms with E-state index in [0.717, 1.165) is 12.6 Å². The van der Waals surface area contributed by atoms with Crippen LogP contribution in [0.4, 0.5) is 0 Å². The van der Waals surface area contributed by atoms with Crippen LogP contribution in [0.3, 0.4) is 0 Å². The number of hydrogen-bond acceptors (Lipinski definition) is 2. The second-order valence-corrected chi connectivity index (χ2v) is 3.86. The van der Waals surface area contributed by atoms with E-state index in [2.05, 4.69) is 23.0 Å². The molecule has 0 atom stereocenters. The summed E-state index contributed by atoms with van der Waals surface area (Å²) >= 11 is 0. The summed E-state index contributed by atoms with van der Waals surface area (Å²) in [5, 5.41) is 0. The lowest BCUT2D eigenvalue weighted by Crippen LogP contribution is -2.36. The van der Waals surface area contributed by atoms with Gasteiger partial charge in [-0.05, 0) is 31.5 Å². The molecule has 1 heterocycles. The van der Waals surface area contributed by atoms with Crippen molar-refractivity contribution in [1.29, 1.82) is 0 Å². The molecule has 0 aromatic carbocycles. The summed E-state index contributed by atoms with van der Waals surface area (Å²) in [7, 11) is 2.21. The molecule has 2 rings (SSSR count). The van der Waals surface area contributed by atoms with Gasteiger partial charge in [-0.2, -0.15) is 0 Å². The zero-order valence-electron chi connectivity index (χ0n) is 8.11. The average Bonchev–Trinajstić information content (AvgIpc) is 2.02. The fourth-order valence-corrected chi connectivity index (χ4v) is 1.74. The number of pyridine rings is 1. The van der Waals surface area contributed by atoms with Crippen LogP contribution in [0, 0.1) is 0 Å². The van der Waals surface area contributed by atoms with Crippen LogP contribution in [0.5, 0.6) is 0 Å². The predicted octanol–water partition coefficient (Wildman–Crippen LogP) is 2.07. The summed E-state index contributed by atoms with van der Waals surface area (Å²) in [6.07, 6.45) is 7.93. The van der Waals surface area contributed by atoms with E-state index < -0.39 is 0 Å². The van der Waals surface area contributed by atoms with Crippen molar-refractivity contribution in [1.82, 2.24) is 9.88 Å². The fourth-order valence-electron chi connectivity index (χ4n) is 1.74. The molecule has 2 nitrogen and oxygen atoms in total. The maximum absolute atomic E-state index is 4.11. The van der Waals surface area contributed by atoms with E-state index in [4.69, 9.17) is 0 Å². The first-order valence-corrected chi connectivity index (χ1v) is 4.95. The van der Waals surface area contributed by atoms with Crippen LogP contribution in [-0.4, -0.2) is 23.0 Å². The second kappa shape index (κ2) is 3.88. The summed E-state index contributed by atoms with van der Waals surface area (Å²) in [6.45, 7) is 1.04. The Bertz CT molecular complexity index is 254. The molecule has 70 valence electrons. The van der Waals surface area contributed by atoms with Crippen molar-refractivity contribution in [2.24, 2.45) is 0 Å². The Morgan fingerprint density at radius 3 is 2.92 bits per heavy atom. The minimum absolute atomic E-state index is 0.820. The monoisotopic (exact) mass is 176 g/mol. The van der Waals surface area contributed by atoms with Gasteiger partial charge < -0.3 is 0 Å². The van der Waals surface area contributed by atoms with Gasteiger partial charge in [-0.3, -0.25) is 9.88 Å². The minimum Gasteiger partial charge on any atom is -0.299 e. The molecule has 0 bridgehead atoms. The van der Waals surface area contributed by atoms with E-state index in [0.29, 0.717) is 0 Å². The summed E-state index contributed by atoms with van der Waals surface area (Å²) in [4.78, 5) is 6.55. The fraction of sp³-hybridized carbons (Fsp3) is 0.545. The second-order valence-electron chi connectivity index (χ2n) is 3.86. The van der Waals surface area contributed by atoms with Crippen molar-refractivity contribution in [2.45, 2.75) is 31.8 Å². The molecule has 1 fully saturated rings. The van der Waals surface area contributed by atoms with E-state index in [1.807, 2.05) is 18.5 Å². The first kappa shape index (κ1) is 8.70. The van der Waals surface area contributed by atoms with E-state index in [1.165, 1.54) is 24.8 Å². The van der Waals surface area contributed by atoms with E-state index >= 15 is 0 Å². The summed E-state index contributed by atoms with van der Waals surface area (Å²) in [6, 6.07) is 4.96. The standard InChI is InChI=1S/C11H16N2/c1-13(11-5-2-6-11)9-10-4-3-7-12-8-10/h3-4,7-8,11H,2,5-6,9H2,1H3. The van der Waals surface area contributed by atoms with Crippen LogP contribution >= 0.6 is 0 Å².